The molecule has 1 nitrogen and oxygen atoms in total. The van der Waals surface area contributed by atoms with E-state index < -0.39 is 5.60 Å². The summed E-state index contributed by atoms with van der Waals surface area (Å²) in [5, 5.41) is 10.8. The van der Waals surface area contributed by atoms with Crippen LogP contribution in [-0.2, 0) is 6.42 Å². The first kappa shape index (κ1) is 14.8. The zero-order valence-electron chi connectivity index (χ0n) is 11.5. The van der Waals surface area contributed by atoms with Gasteiger partial charge in [-0.25, -0.2) is 4.39 Å². The van der Waals surface area contributed by atoms with Crippen LogP contribution in [0.4, 0.5) is 4.39 Å². The summed E-state index contributed by atoms with van der Waals surface area (Å²) >= 11 is 5.78. The van der Waals surface area contributed by atoms with Crippen LogP contribution in [-0.4, -0.2) is 10.7 Å². The van der Waals surface area contributed by atoms with E-state index in [9.17, 15) is 9.50 Å². The maximum absolute atomic E-state index is 13.9. The molecule has 0 amide bonds. The molecule has 1 aliphatic carbocycles. The summed E-state index contributed by atoms with van der Waals surface area (Å²) in [6.07, 6.45) is 6.44. The number of hydrogen-bond donors (Lipinski definition) is 1. The Hall–Kier alpha value is -0.600. The van der Waals surface area contributed by atoms with Gasteiger partial charge in [0, 0.05) is 6.42 Å². The van der Waals surface area contributed by atoms with Crippen molar-refractivity contribution in [1.82, 2.24) is 0 Å². The van der Waals surface area contributed by atoms with E-state index in [-0.39, 0.29) is 10.8 Å². The van der Waals surface area contributed by atoms with Crippen LogP contribution in [0.1, 0.15) is 51.0 Å². The van der Waals surface area contributed by atoms with Gasteiger partial charge in [-0.2, -0.15) is 0 Å². The Morgan fingerprint density at radius 1 is 1.37 bits per heavy atom. The molecular weight excluding hydrogens is 263 g/mol. The highest BCUT2D eigenvalue weighted by molar-refractivity contribution is 6.30. The van der Waals surface area contributed by atoms with E-state index in [1.165, 1.54) is 12.8 Å². The molecule has 0 radical (unpaired) electrons. The molecule has 0 heterocycles. The van der Waals surface area contributed by atoms with Crippen molar-refractivity contribution in [3.8, 4) is 0 Å². The minimum Gasteiger partial charge on any atom is -0.390 e. The normalized spacial score (nSPS) is 27.5. The SMILES string of the molecule is CCCC1CCC(O)(Cc2cccc(Cl)c2F)CC1. The molecule has 0 aromatic heterocycles. The smallest absolute Gasteiger partial charge is 0.145 e. The van der Waals surface area contributed by atoms with Crippen LogP contribution >= 0.6 is 11.6 Å². The third-order valence-corrected chi connectivity index (χ3v) is 4.58. The van der Waals surface area contributed by atoms with Gasteiger partial charge in [0.15, 0.2) is 0 Å². The van der Waals surface area contributed by atoms with Crippen LogP contribution in [0, 0.1) is 11.7 Å². The van der Waals surface area contributed by atoms with E-state index in [0.29, 0.717) is 12.0 Å². The van der Waals surface area contributed by atoms with Gasteiger partial charge in [0.2, 0.25) is 0 Å². The Balaban J connectivity index is 2.01. The minimum absolute atomic E-state index is 0.140. The van der Waals surface area contributed by atoms with Crippen LogP contribution in [0.15, 0.2) is 18.2 Å². The predicted molar refractivity (Wildman–Crippen MR) is 76.9 cm³/mol. The molecule has 0 saturated heterocycles. The fraction of sp³-hybridized carbons (Fsp3) is 0.625. The summed E-state index contributed by atoms with van der Waals surface area (Å²) in [4.78, 5) is 0. The van der Waals surface area contributed by atoms with Crippen LogP contribution in [0.25, 0.3) is 0 Å². The first-order chi connectivity index (χ1) is 9.04. The molecule has 1 fully saturated rings. The number of rotatable bonds is 4. The van der Waals surface area contributed by atoms with E-state index in [0.717, 1.165) is 31.6 Å². The standard InChI is InChI=1S/C16H22ClFO/c1-2-4-12-7-9-16(19,10-8-12)11-13-5-3-6-14(17)15(13)18/h3,5-6,12,19H,2,4,7-11H2,1H3. The molecule has 1 aromatic carbocycles. The zero-order valence-corrected chi connectivity index (χ0v) is 12.2. The molecule has 0 atom stereocenters. The molecule has 0 unspecified atom stereocenters. The summed E-state index contributed by atoms with van der Waals surface area (Å²) in [5.41, 5.74) is -0.223. The monoisotopic (exact) mass is 284 g/mol. The zero-order chi connectivity index (χ0) is 13.9. The fourth-order valence-electron chi connectivity index (χ4n) is 3.13. The lowest BCUT2D eigenvalue weighted by molar-refractivity contribution is -0.0105. The Morgan fingerprint density at radius 2 is 2.05 bits per heavy atom. The van der Waals surface area contributed by atoms with E-state index >= 15 is 0 Å². The summed E-state index contributed by atoms with van der Waals surface area (Å²) in [5.74, 6) is 0.350. The lowest BCUT2D eigenvalue weighted by Crippen LogP contribution is -2.36. The van der Waals surface area contributed by atoms with Crippen molar-refractivity contribution in [3.63, 3.8) is 0 Å². The van der Waals surface area contributed by atoms with Crippen molar-refractivity contribution in [2.24, 2.45) is 5.92 Å². The van der Waals surface area contributed by atoms with Gasteiger partial charge < -0.3 is 5.11 Å². The molecule has 1 aliphatic rings. The number of aliphatic hydroxyl groups is 1. The van der Waals surface area contributed by atoms with Crippen LogP contribution in [0.5, 0.6) is 0 Å². The molecule has 106 valence electrons. The molecule has 0 aliphatic heterocycles. The lowest BCUT2D eigenvalue weighted by Gasteiger charge is -2.36. The first-order valence-corrected chi connectivity index (χ1v) is 7.57. The Morgan fingerprint density at radius 3 is 2.68 bits per heavy atom. The Kier molecular flexibility index (Phi) is 4.86. The van der Waals surface area contributed by atoms with E-state index in [1.807, 2.05) is 0 Å². The van der Waals surface area contributed by atoms with E-state index in [2.05, 4.69) is 6.92 Å². The van der Waals surface area contributed by atoms with Gasteiger partial charge in [-0.05, 0) is 43.2 Å². The maximum atomic E-state index is 13.9. The van der Waals surface area contributed by atoms with Crippen molar-refractivity contribution in [1.29, 1.82) is 0 Å². The van der Waals surface area contributed by atoms with Gasteiger partial charge in [-0.1, -0.05) is 43.5 Å². The third kappa shape index (κ3) is 3.70. The highest BCUT2D eigenvalue weighted by Crippen LogP contribution is 2.37. The number of hydrogen-bond acceptors (Lipinski definition) is 1. The largest absolute Gasteiger partial charge is 0.390 e. The molecule has 1 aromatic rings. The van der Waals surface area contributed by atoms with E-state index in [4.69, 9.17) is 11.6 Å². The van der Waals surface area contributed by atoms with Gasteiger partial charge >= 0.3 is 0 Å². The van der Waals surface area contributed by atoms with Gasteiger partial charge in [0.1, 0.15) is 5.82 Å². The second-order valence-corrected chi connectivity index (χ2v) is 6.25. The molecule has 0 spiro atoms. The molecular formula is C16H22ClFO. The molecule has 2 rings (SSSR count). The van der Waals surface area contributed by atoms with Gasteiger partial charge in [0.05, 0.1) is 10.6 Å². The average Bonchev–Trinajstić information content (AvgIpc) is 2.38. The molecule has 3 heteroatoms. The van der Waals surface area contributed by atoms with Crippen molar-refractivity contribution >= 4 is 11.6 Å². The highest BCUT2D eigenvalue weighted by atomic mass is 35.5. The van der Waals surface area contributed by atoms with Gasteiger partial charge in [0.25, 0.3) is 0 Å². The van der Waals surface area contributed by atoms with Crippen molar-refractivity contribution in [2.45, 2.75) is 57.5 Å². The summed E-state index contributed by atoms with van der Waals surface area (Å²) < 4.78 is 13.9. The fourth-order valence-corrected chi connectivity index (χ4v) is 3.32. The van der Waals surface area contributed by atoms with Crippen molar-refractivity contribution < 1.29 is 9.50 Å². The topological polar surface area (TPSA) is 20.2 Å². The Labute approximate surface area is 119 Å². The molecule has 1 N–H and O–H groups in total. The summed E-state index contributed by atoms with van der Waals surface area (Å²) in [7, 11) is 0. The van der Waals surface area contributed by atoms with Crippen LogP contribution < -0.4 is 0 Å². The number of benzene rings is 1. The average molecular weight is 285 g/mol. The molecule has 0 bridgehead atoms. The van der Waals surface area contributed by atoms with E-state index in [1.54, 1.807) is 18.2 Å². The van der Waals surface area contributed by atoms with Crippen molar-refractivity contribution in [2.75, 3.05) is 0 Å². The second-order valence-electron chi connectivity index (χ2n) is 5.85. The van der Waals surface area contributed by atoms with Crippen molar-refractivity contribution in [3.05, 3.63) is 34.6 Å². The second kappa shape index (κ2) is 6.23. The quantitative estimate of drug-likeness (QED) is 0.846. The first-order valence-electron chi connectivity index (χ1n) is 7.19. The maximum Gasteiger partial charge on any atom is 0.145 e. The minimum atomic E-state index is -0.754. The van der Waals surface area contributed by atoms with Crippen LogP contribution in [0.3, 0.4) is 0 Å². The summed E-state index contributed by atoms with van der Waals surface area (Å²) in [6.45, 7) is 2.20. The third-order valence-electron chi connectivity index (χ3n) is 4.28. The highest BCUT2D eigenvalue weighted by Gasteiger charge is 2.33. The molecule has 19 heavy (non-hydrogen) atoms. The lowest BCUT2D eigenvalue weighted by atomic mass is 9.74. The molecule has 1 saturated carbocycles. The van der Waals surface area contributed by atoms with Crippen LogP contribution in [0.2, 0.25) is 5.02 Å². The number of halogens is 2. The summed E-state index contributed by atoms with van der Waals surface area (Å²) in [6, 6.07) is 5.01. The predicted octanol–water partition coefficient (Wildman–Crippen LogP) is 4.74. The van der Waals surface area contributed by atoms with Gasteiger partial charge in [-0.15, -0.1) is 0 Å². The Bertz CT molecular complexity index is 425. The van der Waals surface area contributed by atoms with Gasteiger partial charge in [-0.3, -0.25) is 0 Å².